The van der Waals surface area contributed by atoms with Crippen molar-refractivity contribution in [2.45, 2.75) is 45.6 Å². The fourth-order valence-corrected chi connectivity index (χ4v) is 3.46. The Morgan fingerprint density at radius 1 is 1.50 bits per heavy atom. The van der Waals surface area contributed by atoms with Crippen LogP contribution in [0.5, 0.6) is 0 Å². The predicted molar refractivity (Wildman–Crippen MR) is 84.4 cm³/mol. The van der Waals surface area contributed by atoms with E-state index in [1.165, 1.54) is 30.6 Å². The van der Waals surface area contributed by atoms with Crippen molar-refractivity contribution in [3.05, 3.63) is 4.88 Å². The lowest BCUT2D eigenvalue weighted by Gasteiger charge is -2.29. The van der Waals surface area contributed by atoms with Gasteiger partial charge in [-0.15, -0.1) is 0 Å². The molecule has 1 amide bonds. The van der Waals surface area contributed by atoms with Crippen molar-refractivity contribution in [1.29, 1.82) is 0 Å². The van der Waals surface area contributed by atoms with Gasteiger partial charge in [-0.3, -0.25) is 4.79 Å². The largest absolute Gasteiger partial charge is 0.382 e. The summed E-state index contributed by atoms with van der Waals surface area (Å²) >= 11 is 1.37. The van der Waals surface area contributed by atoms with Gasteiger partial charge < -0.3 is 16.0 Å². The van der Waals surface area contributed by atoms with Crippen molar-refractivity contribution in [2.24, 2.45) is 5.92 Å². The van der Waals surface area contributed by atoms with Crippen molar-refractivity contribution in [3.8, 4) is 0 Å². The van der Waals surface area contributed by atoms with Crippen LogP contribution in [-0.4, -0.2) is 30.5 Å². The maximum absolute atomic E-state index is 12.4. The van der Waals surface area contributed by atoms with Crippen LogP contribution in [-0.2, 0) is 0 Å². The summed E-state index contributed by atoms with van der Waals surface area (Å²) in [6.07, 6.45) is 4.71. The van der Waals surface area contributed by atoms with Crippen molar-refractivity contribution >= 4 is 28.2 Å². The maximum atomic E-state index is 12.4. The molecule has 5 nitrogen and oxygen atoms in total. The molecule has 20 heavy (non-hydrogen) atoms. The molecule has 2 unspecified atom stereocenters. The van der Waals surface area contributed by atoms with Gasteiger partial charge in [0.2, 0.25) is 0 Å². The number of nitrogen functional groups attached to an aromatic ring is 1. The van der Waals surface area contributed by atoms with Crippen LogP contribution in [0.2, 0.25) is 0 Å². The Hall–Kier alpha value is -1.30. The minimum atomic E-state index is -0.0745. The lowest BCUT2D eigenvalue weighted by molar-refractivity contribution is 0.0915. The molecule has 1 aliphatic carbocycles. The van der Waals surface area contributed by atoms with Crippen molar-refractivity contribution in [2.75, 3.05) is 24.2 Å². The average Bonchev–Trinajstić information content (AvgIpc) is 2.82. The van der Waals surface area contributed by atoms with Crippen LogP contribution < -0.4 is 16.0 Å². The molecule has 0 saturated heterocycles. The number of carbonyl (C=O) groups excluding carboxylic acids is 1. The lowest BCUT2D eigenvalue weighted by atomic mass is 9.86. The first-order valence-electron chi connectivity index (χ1n) is 7.31. The van der Waals surface area contributed by atoms with E-state index in [-0.39, 0.29) is 11.9 Å². The first-order valence-corrected chi connectivity index (χ1v) is 8.12. The van der Waals surface area contributed by atoms with Crippen LogP contribution in [0.15, 0.2) is 0 Å². The Bertz CT molecular complexity index is 474. The number of carbonyl (C=O) groups is 1. The number of thiazole rings is 1. The van der Waals surface area contributed by atoms with Crippen molar-refractivity contribution < 1.29 is 4.79 Å². The molecule has 0 aliphatic heterocycles. The number of nitrogens with one attached hydrogen (secondary N) is 1. The number of aromatic nitrogens is 1. The summed E-state index contributed by atoms with van der Waals surface area (Å²) in [4.78, 5) is 19.2. The molecule has 1 saturated carbocycles. The summed E-state index contributed by atoms with van der Waals surface area (Å²) in [6, 6.07) is 0.269. The SMILES string of the molecule is CCN(C)c1nc(N)c(C(=O)NC2CCCCC2C)s1. The molecule has 1 aromatic rings. The van der Waals surface area contributed by atoms with Crippen LogP contribution in [0.1, 0.15) is 49.2 Å². The fraction of sp³-hybridized carbons (Fsp3) is 0.714. The third-order valence-corrected chi connectivity index (χ3v) is 5.26. The van der Waals surface area contributed by atoms with Gasteiger partial charge in [0.05, 0.1) is 0 Å². The number of amides is 1. The van der Waals surface area contributed by atoms with E-state index in [4.69, 9.17) is 5.73 Å². The van der Waals surface area contributed by atoms with E-state index in [0.717, 1.165) is 18.1 Å². The highest BCUT2D eigenvalue weighted by atomic mass is 32.1. The van der Waals surface area contributed by atoms with Gasteiger partial charge >= 0.3 is 0 Å². The molecule has 0 radical (unpaired) electrons. The van der Waals surface area contributed by atoms with Crippen LogP contribution in [0, 0.1) is 5.92 Å². The molecule has 0 aromatic carbocycles. The van der Waals surface area contributed by atoms with Gasteiger partial charge in [-0.2, -0.15) is 0 Å². The summed E-state index contributed by atoms with van der Waals surface area (Å²) in [6.45, 7) is 5.09. The standard InChI is InChI=1S/C14H24N4OS/c1-4-18(3)14-17-12(15)11(20-14)13(19)16-10-8-6-5-7-9(10)2/h9-10H,4-8,15H2,1-3H3,(H,16,19). The van der Waals surface area contributed by atoms with Gasteiger partial charge in [0, 0.05) is 19.6 Å². The lowest BCUT2D eigenvalue weighted by Crippen LogP contribution is -2.40. The van der Waals surface area contributed by atoms with E-state index < -0.39 is 0 Å². The third kappa shape index (κ3) is 3.23. The Balaban J connectivity index is 2.07. The van der Waals surface area contributed by atoms with Gasteiger partial charge in [0.25, 0.3) is 5.91 Å². The molecule has 1 aromatic heterocycles. The molecular formula is C14H24N4OS. The van der Waals surface area contributed by atoms with Crippen LogP contribution in [0.4, 0.5) is 10.9 Å². The number of rotatable bonds is 4. The summed E-state index contributed by atoms with van der Waals surface area (Å²) in [5, 5.41) is 3.93. The third-order valence-electron chi connectivity index (χ3n) is 4.08. The van der Waals surface area contributed by atoms with E-state index >= 15 is 0 Å². The predicted octanol–water partition coefficient (Wildman–Crippen LogP) is 2.49. The van der Waals surface area contributed by atoms with Gasteiger partial charge in [-0.1, -0.05) is 31.1 Å². The normalized spacial score (nSPS) is 22.6. The first-order chi connectivity index (χ1) is 9.52. The molecule has 2 atom stereocenters. The van der Waals surface area contributed by atoms with Gasteiger partial charge in [-0.05, 0) is 25.7 Å². The van der Waals surface area contributed by atoms with Crippen molar-refractivity contribution in [1.82, 2.24) is 10.3 Å². The number of nitrogens with zero attached hydrogens (tertiary/aromatic N) is 2. The molecule has 2 rings (SSSR count). The maximum Gasteiger partial charge on any atom is 0.265 e. The smallest absolute Gasteiger partial charge is 0.265 e. The highest BCUT2D eigenvalue weighted by Gasteiger charge is 2.25. The Kier molecular flexibility index (Phi) is 4.86. The van der Waals surface area contributed by atoms with Crippen LogP contribution in [0.3, 0.4) is 0 Å². The zero-order valence-electron chi connectivity index (χ0n) is 12.5. The monoisotopic (exact) mass is 296 g/mol. The zero-order valence-corrected chi connectivity index (χ0v) is 13.3. The minimum Gasteiger partial charge on any atom is -0.382 e. The van der Waals surface area contributed by atoms with E-state index in [0.29, 0.717) is 16.6 Å². The first kappa shape index (κ1) is 15.1. The molecule has 1 aliphatic rings. The second-order valence-electron chi connectivity index (χ2n) is 5.57. The Labute approximate surface area is 124 Å². The number of hydrogen-bond donors (Lipinski definition) is 2. The molecule has 1 heterocycles. The van der Waals surface area contributed by atoms with Crippen LogP contribution >= 0.6 is 11.3 Å². The minimum absolute atomic E-state index is 0.0745. The number of hydrogen-bond acceptors (Lipinski definition) is 5. The average molecular weight is 296 g/mol. The van der Waals surface area contributed by atoms with E-state index in [2.05, 4.69) is 17.2 Å². The molecule has 3 N–H and O–H groups in total. The molecule has 112 valence electrons. The van der Waals surface area contributed by atoms with Gasteiger partial charge in [-0.25, -0.2) is 4.98 Å². The Morgan fingerprint density at radius 2 is 2.20 bits per heavy atom. The second kappa shape index (κ2) is 6.43. The molecule has 0 spiro atoms. The topological polar surface area (TPSA) is 71.2 Å². The molecule has 1 fully saturated rings. The molecular weight excluding hydrogens is 272 g/mol. The van der Waals surface area contributed by atoms with E-state index in [1.807, 2.05) is 18.9 Å². The summed E-state index contributed by atoms with van der Waals surface area (Å²) in [5.74, 6) is 0.806. The quantitative estimate of drug-likeness (QED) is 0.895. The van der Waals surface area contributed by atoms with Crippen molar-refractivity contribution in [3.63, 3.8) is 0 Å². The fourth-order valence-electron chi connectivity index (χ4n) is 2.55. The number of nitrogens with two attached hydrogens (primary N) is 1. The van der Waals surface area contributed by atoms with E-state index in [9.17, 15) is 4.79 Å². The number of anilines is 2. The second-order valence-corrected chi connectivity index (χ2v) is 6.54. The summed E-state index contributed by atoms with van der Waals surface area (Å²) < 4.78 is 0. The highest BCUT2D eigenvalue weighted by Crippen LogP contribution is 2.29. The highest BCUT2D eigenvalue weighted by molar-refractivity contribution is 7.18. The summed E-state index contributed by atoms with van der Waals surface area (Å²) in [7, 11) is 1.95. The summed E-state index contributed by atoms with van der Waals surface area (Å²) in [5.41, 5.74) is 5.89. The van der Waals surface area contributed by atoms with Gasteiger partial charge in [0.15, 0.2) is 5.13 Å². The van der Waals surface area contributed by atoms with E-state index in [1.54, 1.807) is 0 Å². The molecule has 0 bridgehead atoms. The molecule has 6 heteroatoms. The van der Waals surface area contributed by atoms with Crippen LogP contribution in [0.25, 0.3) is 0 Å². The van der Waals surface area contributed by atoms with Gasteiger partial charge in [0.1, 0.15) is 10.7 Å². The Morgan fingerprint density at radius 3 is 2.85 bits per heavy atom. The zero-order chi connectivity index (χ0) is 14.7.